The molecule has 0 radical (unpaired) electrons. The highest BCUT2D eigenvalue weighted by molar-refractivity contribution is 5.87. The van der Waals surface area contributed by atoms with Gasteiger partial charge in [0.25, 0.3) is 5.91 Å². The van der Waals surface area contributed by atoms with Gasteiger partial charge in [-0.2, -0.15) is 40.2 Å². The van der Waals surface area contributed by atoms with Crippen molar-refractivity contribution in [2.24, 2.45) is 16.2 Å². The Balaban J connectivity index is 1.17. The van der Waals surface area contributed by atoms with Crippen molar-refractivity contribution < 1.29 is 82.4 Å². The molecule has 18 nitrogen and oxygen atoms in total. The minimum absolute atomic E-state index is 0.196. The number of benzene rings is 2. The van der Waals surface area contributed by atoms with E-state index in [0.29, 0.717) is 62.0 Å². The number of nitrogens with one attached hydrogen (secondary N) is 4. The molecule has 0 unspecified atom stereocenters. The van der Waals surface area contributed by atoms with Crippen LogP contribution in [0.3, 0.4) is 0 Å². The fourth-order valence-corrected chi connectivity index (χ4v) is 9.12. The molecular weight excluding hydrogens is 1080 g/mol. The lowest BCUT2D eigenvalue weighted by Gasteiger charge is -2.63. The second-order valence-electron chi connectivity index (χ2n) is 21.0. The molecule has 434 valence electrons. The first-order chi connectivity index (χ1) is 37.4. The maximum atomic E-state index is 16.0. The molecule has 0 aliphatic carbocycles. The number of likely N-dealkylation sites (tertiary alicyclic amines) is 1. The summed E-state index contributed by atoms with van der Waals surface area (Å²) in [7, 11) is 1.79. The van der Waals surface area contributed by atoms with E-state index < -0.39 is 115 Å². The molecule has 2 aromatic carbocycles. The number of carbonyl (C=O) groups excluding carboxylic acids is 4. The van der Waals surface area contributed by atoms with E-state index in [0.717, 1.165) is 71.6 Å². The molecular formula is C52H58F10N10O8. The van der Waals surface area contributed by atoms with Crippen molar-refractivity contribution in [1.29, 1.82) is 0 Å². The number of aliphatic hydroxyl groups is 1. The molecule has 0 bridgehead atoms. The summed E-state index contributed by atoms with van der Waals surface area (Å²) in [6, 6.07) is 8.31. The molecule has 3 saturated heterocycles. The number of amides is 4. The van der Waals surface area contributed by atoms with Crippen LogP contribution in [0.4, 0.5) is 59.3 Å². The van der Waals surface area contributed by atoms with Gasteiger partial charge in [-0.05, 0) is 82.1 Å². The normalized spacial score (nSPS) is 17.2. The Bertz CT molecular complexity index is 2910. The average Bonchev–Trinajstić information content (AvgIpc) is 3.86. The number of aromatic nitrogens is 3. The molecule has 3 fully saturated rings. The number of carbonyl (C=O) groups is 4. The number of alkyl carbamates (subject to hydrolysis) is 2. The summed E-state index contributed by atoms with van der Waals surface area (Å²) in [6.07, 6.45) is -16.4. The van der Waals surface area contributed by atoms with Crippen molar-refractivity contribution in [3.8, 4) is 23.1 Å². The van der Waals surface area contributed by atoms with Gasteiger partial charge in [-0.1, -0.05) is 24.0 Å². The molecule has 5 heterocycles. The van der Waals surface area contributed by atoms with Gasteiger partial charge in [-0.3, -0.25) is 19.9 Å². The largest absolute Gasteiger partial charge is 0.453 e. The monoisotopic (exact) mass is 1140 g/mol. The van der Waals surface area contributed by atoms with Crippen LogP contribution in [0, 0.1) is 39.7 Å². The Kier molecular flexibility index (Phi) is 18.0. The van der Waals surface area contributed by atoms with E-state index in [1.807, 2.05) is 28.2 Å². The van der Waals surface area contributed by atoms with E-state index in [-0.39, 0.29) is 26.9 Å². The zero-order valence-corrected chi connectivity index (χ0v) is 43.9. The number of ether oxygens (including phenoxy) is 3. The summed E-state index contributed by atoms with van der Waals surface area (Å²) in [5, 5.41) is 22.1. The SMILES string of the molecule is CNC(=O)O[C@H](C(=O)NN(Cc1c(F)cc(-c2ccn(C(F)F)n2)cc1F)C[C@H](O)[C@H](Cc1ccc(C#Cc2ccc(N3CC4(C3)CN(C3COC3)C4)nc2)cc1)NC(=O)[C@@H](NC(=O)OC)C(C)(C)C(F)(F)F)C(C)(C)C(F)(F)F. The number of alkyl halides is 8. The van der Waals surface area contributed by atoms with Crippen LogP contribution in [0.1, 0.15) is 56.5 Å². The van der Waals surface area contributed by atoms with Gasteiger partial charge in [0.1, 0.15) is 28.9 Å². The Morgan fingerprint density at radius 2 is 1.46 bits per heavy atom. The molecule has 28 heteroatoms. The lowest BCUT2D eigenvalue weighted by Crippen LogP contribution is -2.75. The summed E-state index contributed by atoms with van der Waals surface area (Å²) in [6.45, 7) is 2.11. The summed E-state index contributed by atoms with van der Waals surface area (Å²) < 4.78 is 161. The fourth-order valence-electron chi connectivity index (χ4n) is 9.12. The fraction of sp³-hybridized carbons (Fsp3) is 0.500. The minimum atomic E-state index is -5.26. The van der Waals surface area contributed by atoms with Crippen molar-refractivity contribution in [3.05, 3.63) is 101 Å². The van der Waals surface area contributed by atoms with Crippen LogP contribution in [0.15, 0.2) is 67.0 Å². The van der Waals surface area contributed by atoms with E-state index in [2.05, 4.69) is 41.8 Å². The lowest BCUT2D eigenvalue weighted by atomic mass is 9.72. The van der Waals surface area contributed by atoms with Gasteiger partial charge in [0.2, 0.25) is 5.91 Å². The molecule has 4 aromatic rings. The molecule has 4 atom stereocenters. The second-order valence-corrected chi connectivity index (χ2v) is 21.0. The first kappa shape index (κ1) is 60.4. The number of anilines is 1. The molecule has 1 spiro atoms. The Labute approximate surface area is 452 Å². The first-order valence-electron chi connectivity index (χ1n) is 24.8. The molecule has 2 aromatic heterocycles. The predicted octanol–water partition coefficient (Wildman–Crippen LogP) is 6.09. The highest BCUT2D eigenvalue weighted by Crippen LogP contribution is 2.44. The number of pyridine rings is 1. The van der Waals surface area contributed by atoms with Crippen molar-refractivity contribution in [2.75, 3.05) is 65.0 Å². The second kappa shape index (κ2) is 23.9. The minimum Gasteiger partial charge on any atom is -0.453 e. The highest BCUT2D eigenvalue weighted by atomic mass is 19.4. The van der Waals surface area contributed by atoms with E-state index in [4.69, 9.17) is 9.47 Å². The molecule has 5 N–H and O–H groups in total. The third-order valence-corrected chi connectivity index (χ3v) is 14.4. The number of nitrogens with zero attached hydrogens (tertiary/aromatic N) is 6. The standard InChI is InChI=1S/C52H58F10N10O8/c1-48(2,51(57,58)59)41(66-47(77)78-6)43(74)65-38(17-30-10-7-29(8-11-30)9-12-31-13-14-40(64-20-31)70-27-50(28-70)25-69(26-50)33-23-79-24-33)39(73)22-71(68-44(75)42(80-46(76)63-5)49(3,4)52(60,61)62)21-34-35(53)18-32(19-36(34)54)37-15-16-72(67-37)45(55)56/h7-8,10-11,13-16,18-20,33,38-39,41-42,45,73H,17,21-28H2,1-6H3,(H,63,76)(H,65,74)(H,66,77)(H,68,75)/t38-,39-,41+,42+/m0/s1. The molecule has 3 aliphatic rings. The maximum absolute atomic E-state index is 16.0. The van der Waals surface area contributed by atoms with Gasteiger partial charge in [0.15, 0.2) is 6.10 Å². The van der Waals surface area contributed by atoms with Gasteiger partial charge in [0.05, 0.1) is 49.6 Å². The summed E-state index contributed by atoms with van der Waals surface area (Å²) in [5.74, 6) is 0.647. The average molecular weight is 1140 g/mol. The number of hydrogen-bond acceptors (Lipinski definition) is 13. The number of rotatable bonds is 19. The van der Waals surface area contributed by atoms with Crippen LogP contribution in [0.25, 0.3) is 11.3 Å². The number of hydrogen-bond donors (Lipinski definition) is 5. The summed E-state index contributed by atoms with van der Waals surface area (Å²) >= 11 is 0. The van der Waals surface area contributed by atoms with E-state index in [1.165, 1.54) is 24.3 Å². The third-order valence-electron chi connectivity index (χ3n) is 14.4. The van der Waals surface area contributed by atoms with Crippen LogP contribution < -0.4 is 26.3 Å². The van der Waals surface area contributed by atoms with Crippen molar-refractivity contribution in [1.82, 2.24) is 46.0 Å². The number of methoxy groups -OCH3 is 1. The Morgan fingerprint density at radius 1 is 0.850 bits per heavy atom. The van der Waals surface area contributed by atoms with Crippen molar-refractivity contribution in [3.63, 3.8) is 0 Å². The quantitative estimate of drug-likeness (QED) is 0.0411. The maximum Gasteiger partial charge on any atom is 0.407 e. The molecule has 3 aliphatic heterocycles. The van der Waals surface area contributed by atoms with Crippen LogP contribution in [-0.4, -0.2) is 157 Å². The highest BCUT2D eigenvalue weighted by Gasteiger charge is 2.58. The van der Waals surface area contributed by atoms with E-state index in [1.54, 1.807) is 6.20 Å². The van der Waals surface area contributed by atoms with Gasteiger partial charge in [-0.15, -0.1) is 0 Å². The van der Waals surface area contributed by atoms with Gasteiger partial charge >= 0.3 is 31.1 Å². The third kappa shape index (κ3) is 13.7. The number of hydrazine groups is 1. The van der Waals surface area contributed by atoms with Crippen molar-refractivity contribution >= 4 is 29.8 Å². The van der Waals surface area contributed by atoms with E-state index in [9.17, 15) is 59.4 Å². The van der Waals surface area contributed by atoms with Crippen LogP contribution in [0.2, 0.25) is 0 Å². The molecule has 0 saturated carbocycles. The zero-order valence-electron chi connectivity index (χ0n) is 43.9. The smallest absolute Gasteiger partial charge is 0.407 e. The van der Waals surface area contributed by atoms with E-state index >= 15 is 8.78 Å². The lowest BCUT2D eigenvalue weighted by molar-refractivity contribution is -0.239. The number of halogens is 10. The Morgan fingerprint density at radius 3 is 1.99 bits per heavy atom. The molecule has 4 amide bonds. The summed E-state index contributed by atoms with van der Waals surface area (Å²) in [5.41, 5.74) is -4.30. The zero-order chi connectivity index (χ0) is 58.7. The first-order valence-corrected chi connectivity index (χ1v) is 24.8. The van der Waals surface area contributed by atoms with Crippen LogP contribution in [-0.2, 0) is 36.8 Å². The Hall–Kier alpha value is -7.22. The topological polar surface area (TPSA) is 205 Å². The molecule has 7 rings (SSSR count). The van der Waals surface area contributed by atoms with Crippen LogP contribution in [0.5, 0.6) is 0 Å². The van der Waals surface area contributed by atoms with Crippen molar-refractivity contribution in [2.45, 2.75) is 89.9 Å². The van der Waals surface area contributed by atoms with Gasteiger partial charge in [-0.25, -0.2) is 33.0 Å². The van der Waals surface area contributed by atoms with Crippen LogP contribution >= 0.6 is 0 Å². The summed E-state index contributed by atoms with van der Waals surface area (Å²) in [4.78, 5) is 62.0. The number of aliphatic hydroxyl groups excluding tert-OH is 1. The van der Waals surface area contributed by atoms with Gasteiger partial charge < -0.3 is 40.2 Å². The predicted molar refractivity (Wildman–Crippen MR) is 265 cm³/mol. The van der Waals surface area contributed by atoms with Gasteiger partial charge in [0, 0.05) is 86.4 Å². The molecule has 80 heavy (non-hydrogen) atoms.